The summed E-state index contributed by atoms with van der Waals surface area (Å²) in [6.07, 6.45) is 15.0. The van der Waals surface area contributed by atoms with E-state index >= 15 is 0 Å². The van der Waals surface area contributed by atoms with Crippen LogP contribution in [0.1, 0.15) is 5.56 Å². The summed E-state index contributed by atoms with van der Waals surface area (Å²) in [6.45, 7) is 3.14. The molecule has 5 heterocycles. The molecule has 1 aromatic heterocycles. The molecule has 5 rings (SSSR count). The maximum Gasteiger partial charge on any atom is 0.276 e. The Kier molecular flexibility index (Phi) is 4.85. The number of aromatic nitrogens is 2. The van der Waals surface area contributed by atoms with Gasteiger partial charge in [-0.25, -0.2) is 5.01 Å². The van der Waals surface area contributed by atoms with E-state index in [1.54, 1.807) is 22.1 Å². The molecule has 10 nitrogen and oxygen atoms in total. The summed E-state index contributed by atoms with van der Waals surface area (Å²) in [4.78, 5) is 15.3. The van der Waals surface area contributed by atoms with Gasteiger partial charge in [0.05, 0.1) is 25.1 Å². The Labute approximate surface area is 174 Å². The number of fused-ring (bicyclic) bond motifs is 1. The molecule has 0 spiro atoms. The Bertz CT molecular complexity index is 983. The highest BCUT2D eigenvalue weighted by atomic mass is 16.5. The van der Waals surface area contributed by atoms with Crippen molar-refractivity contribution in [1.82, 2.24) is 35.6 Å². The van der Waals surface area contributed by atoms with Crippen molar-refractivity contribution in [2.24, 2.45) is 12.1 Å². The summed E-state index contributed by atoms with van der Waals surface area (Å²) < 4.78 is 7.15. The van der Waals surface area contributed by atoms with Crippen LogP contribution in [-0.4, -0.2) is 69.9 Å². The second-order valence-electron chi connectivity index (χ2n) is 7.39. The van der Waals surface area contributed by atoms with Crippen LogP contribution in [0.15, 0.2) is 65.6 Å². The molecule has 3 N–H and O–H groups in total. The van der Waals surface area contributed by atoms with Gasteiger partial charge in [0.1, 0.15) is 23.8 Å². The molecule has 0 aliphatic carbocycles. The van der Waals surface area contributed by atoms with Crippen LogP contribution in [0.4, 0.5) is 0 Å². The van der Waals surface area contributed by atoms with E-state index in [9.17, 15) is 4.79 Å². The standard InChI is InChI=1S/C20H24N8O2/c1-26-13-14(11-22-26)15-5-6-18-21-12-16(28(18)25-15)20(29)24-17-3-2-4-19(23-17)27-7-9-30-10-8-27/h2-6,11-13,18-19,21,23H,7-10H2,1H3,(H,24,29). The first-order valence-electron chi connectivity index (χ1n) is 9.97. The number of carbonyl (C=O) groups excluding carboxylic acids is 1. The number of morpholine rings is 1. The average molecular weight is 408 g/mol. The van der Waals surface area contributed by atoms with Gasteiger partial charge in [-0.1, -0.05) is 6.08 Å². The van der Waals surface area contributed by atoms with Gasteiger partial charge in [0, 0.05) is 38.1 Å². The van der Waals surface area contributed by atoms with Crippen molar-refractivity contribution in [2.75, 3.05) is 26.3 Å². The van der Waals surface area contributed by atoms with E-state index in [1.165, 1.54) is 0 Å². The maximum atomic E-state index is 13.0. The molecule has 156 valence electrons. The number of nitrogens with zero attached hydrogens (tertiary/aromatic N) is 5. The van der Waals surface area contributed by atoms with Crippen LogP contribution in [0.3, 0.4) is 0 Å². The van der Waals surface area contributed by atoms with E-state index in [0.717, 1.165) is 37.6 Å². The van der Waals surface area contributed by atoms with Crippen LogP contribution in [0.5, 0.6) is 0 Å². The van der Waals surface area contributed by atoms with Crippen LogP contribution < -0.4 is 16.0 Å². The molecule has 1 amide bonds. The van der Waals surface area contributed by atoms with Crippen LogP contribution in [0, 0.1) is 0 Å². The zero-order valence-electron chi connectivity index (χ0n) is 16.7. The van der Waals surface area contributed by atoms with Gasteiger partial charge in [0.2, 0.25) is 0 Å². The molecule has 1 saturated heterocycles. The molecule has 4 aliphatic heterocycles. The van der Waals surface area contributed by atoms with Crippen LogP contribution in [-0.2, 0) is 16.6 Å². The van der Waals surface area contributed by atoms with Crippen molar-refractivity contribution >= 4 is 11.6 Å². The van der Waals surface area contributed by atoms with Gasteiger partial charge in [0.15, 0.2) is 0 Å². The third kappa shape index (κ3) is 3.62. The minimum atomic E-state index is -0.232. The molecule has 0 aromatic carbocycles. The first-order chi connectivity index (χ1) is 14.7. The largest absolute Gasteiger partial charge is 0.379 e. The number of ether oxygens (including phenoxy) is 1. The summed E-state index contributed by atoms with van der Waals surface area (Å²) in [5.41, 5.74) is 2.10. The molecule has 1 fully saturated rings. The molecule has 4 aliphatic rings. The lowest BCUT2D eigenvalue weighted by Crippen LogP contribution is -2.52. The lowest BCUT2D eigenvalue weighted by atomic mass is 10.2. The second-order valence-corrected chi connectivity index (χ2v) is 7.39. The van der Waals surface area contributed by atoms with Crippen molar-refractivity contribution in [3.8, 4) is 0 Å². The number of hydrazone groups is 1. The van der Waals surface area contributed by atoms with Gasteiger partial charge < -0.3 is 20.7 Å². The van der Waals surface area contributed by atoms with Crippen molar-refractivity contribution in [3.63, 3.8) is 0 Å². The number of hydrogen-bond acceptors (Lipinski definition) is 8. The third-order valence-corrected chi connectivity index (χ3v) is 5.33. The lowest BCUT2D eigenvalue weighted by molar-refractivity contribution is -0.118. The highest BCUT2D eigenvalue weighted by Gasteiger charge is 2.32. The van der Waals surface area contributed by atoms with E-state index in [0.29, 0.717) is 11.5 Å². The van der Waals surface area contributed by atoms with Crippen molar-refractivity contribution in [1.29, 1.82) is 0 Å². The van der Waals surface area contributed by atoms with E-state index in [4.69, 9.17) is 4.74 Å². The number of allylic oxidation sites excluding steroid dienone is 3. The smallest absolute Gasteiger partial charge is 0.276 e. The SMILES string of the molecule is Cn1cc(C2=NN3C(C(=O)NC4=CC=CC(N5CCOCC5)N4)=CNC3C=C2)cn1. The zero-order valence-corrected chi connectivity index (χ0v) is 16.7. The number of rotatable bonds is 4. The number of amides is 1. The highest BCUT2D eigenvalue weighted by Crippen LogP contribution is 2.22. The van der Waals surface area contributed by atoms with Crippen LogP contribution in [0.2, 0.25) is 0 Å². The second kappa shape index (κ2) is 7.81. The van der Waals surface area contributed by atoms with Crippen molar-refractivity contribution in [2.45, 2.75) is 12.3 Å². The Morgan fingerprint density at radius 2 is 2.13 bits per heavy atom. The number of hydrogen-bond donors (Lipinski definition) is 3. The van der Waals surface area contributed by atoms with Gasteiger partial charge >= 0.3 is 0 Å². The average Bonchev–Trinajstić information content (AvgIpc) is 3.40. The number of nitrogens with one attached hydrogen (secondary N) is 3. The summed E-state index contributed by atoms with van der Waals surface area (Å²) >= 11 is 0. The molecular weight excluding hydrogens is 384 g/mol. The van der Waals surface area contributed by atoms with Gasteiger partial charge in [-0.2, -0.15) is 10.2 Å². The van der Waals surface area contributed by atoms with Crippen LogP contribution in [0.25, 0.3) is 0 Å². The molecule has 2 unspecified atom stereocenters. The molecule has 0 saturated carbocycles. The Balaban J connectivity index is 1.26. The van der Waals surface area contributed by atoms with E-state index in [1.807, 2.05) is 37.5 Å². The Hall–Kier alpha value is -3.37. The molecule has 2 atom stereocenters. The molecule has 10 heteroatoms. The summed E-state index contributed by atoms with van der Waals surface area (Å²) in [5.74, 6) is 0.428. The van der Waals surface area contributed by atoms with Crippen molar-refractivity contribution in [3.05, 3.63) is 66.1 Å². The summed E-state index contributed by atoms with van der Waals surface area (Å²) in [7, 11) is 1.86. The van der Waals surface area contributed by atoms with E-state index in [-0.39, 0.29) is 18.2 Å². The number of dihydropyridines is 1. The highest BCUT2D eigenvalue weighted by molar-refractivity contribution is 6.09. The quantitative estimate of drug-likeness (QED) is 0.620. The minimum Gasteiger partial charge on any atom is -0.379 e. The minimum absolute atomic E-state index is 0.0331. The molecular formula is C20H24N8O2. The monoisotopic (exact) mass is 408 g/mol. The van der Waals surface area contributed by atoms with E-state index in [2.05, 4.69) is 37.1 Å². The topological polar surface area (TPSA) is 99.1 Å². The zero-order chi connectivity index (χ0) is 20.5. The number of carbonyl (C=O) groups is 1. The van der Waals surface area contributed by atoms with Gasteiger partial charge in [-0.05, 0) is 24.3 Å². The number of aryl methyl sites for hydroxylation is 1. The first-order valence-corrected chi connectivity index (χ1v) is 9.97. The van der Waals surface area contributed by atoms with Crippen molar-refractivity contribution < 1.29 is 9.53 Å². The first kappa shape index (κ1) is 18.6. The fourth-order valence-electron chi connectivity index (χ4n) is 3.76. The normalized spacial score (nSPS) is 25.6. The maximum absolute atomic E-state index is 13.0. The lowest BCUT2D eigenvalue weighted by Gasteiger charge is -2.35. The predicted octanol–water partition coefficient (Wildman–Crippen LogP) is -0.458. The van der Waals surface area contributed by atoms with Crippen LogP contribution >= 0.6 is 0 Å². The third-order valence-electron chi connectivity index (χ3n) is 5.33. The Morgan fingerprint density at radius 1 is 1.27 bits per heavy atom. The van der Waals surface area contributed by atoms with Gasteiger partial charge in [0.25, 0.3) is 5.91 Å². The molecule has 1 aromatic rings. The summed E-state index contributed by atoms with van der Waals surface area (Å²) in [6, 6.07) is 0. The summed E-state index contributed by atoms with van der Waals surface area (Å²) in [5, 5.41) is 20.1. The van der Waals surface area contributed by atoms with E-state index < -0.39 is 0 Å². The molecule has 30 heavy (non-hydrogen) atoms. The fraction of sp³-hybridized carbons (Fsp3) is 0.350. The molecule has 0 radical (unpaired) electrons. The van der Waals surface area contributed by atoms with Gasteiger partial charge in [-0.3, -0.25) is 14.4 Å². The predicted molar refractivity (Wildman–Crippen MR) is 110 cm³/mol. The fourth-order valence-corrected chi connectivity index (χ4v) is 3.76. The molecule has 0 bridgehead atoms. The Morgan fingerprint density at radius 3 is 2.93 bits per heavy atom. The van der Waals surface area contributed by atoms with Gasteiger partial charge in [-0.15, -0.1) is 0 Å².